The number of hydrogen-bond donors (Lipinski definition) is 2. The van der Waals surface area contributed by atoms with E-state index in [0.717, 1.165) is 15.8 Å². The van der Waals surface area contributed by atoms with Gasteiger partial charge in [-0.05, 0) is 37.0 Å². The van der Waals surface area contributed by atoms with Gasteiger partial charge in [0.1, 0.15) is 0 Å². The van der Waals surface area contributed by atoms with Crippen LogP contribution in [0.25, 0.3) is 0 Å². The van der Waals surface area contributed by atoms with E-state index < -0.39 is 6.04 Å². The molecule has 0 bridgehead atoms. The van der Waals surface area contributed by atoms with Crippen molar-refractivity contribution in [2.75, 3.05) is 12.0 Å². The van der Waals surface area contributed by atoms with Gasteiger partial charge in [0.15, 0.2) is 0 Å². The molecule has 0 radical (unpaired) electrons. The second-order valence-corrected chi connectivity index (χ2v) is 5.98. The third-order valence-corrected chi connectivity index (χ3v) is 4.07. The number of rotatable bonds is 6. The molecule has 1 aromatic rings. The molecular formula is C13H20BrClN2OS. The quantitative estimate of drug-likeness (QED) is 0.812. The highest BCUT2D eigenvalue weighted by Crippen LogP contribution is 2.22. The Hall–Kier alpha value is -0.230. The van der Waals surface area contributed by atoms with Crippen LogP contribution in [0.1, 0.15) is 24.9 Å². The molecule has 108 valence electrons. The van der Waals surface area contributed by atoms with Gasteiger partial charge < -0.3 is 11.1 Å². The van der Waals surface area contributed by atoms with E-state index in [1.165, 1.54) is 0 Å². The number of benzene rings is 1. The van der Waals surface area contributed by atoms with Gasteiger partial charge in [0.05, 0.1) is 12.1 Å². The Morgan fingerprint density at radius 2 is 2.11 bits per heavy atom. The van der Waals surface area contributed by atoms with E-state index in [2.05, 4.69) is 21.2 Å². The average Bonchev–Trinajstić information content (AvgIpc) is 2.36. The molecule has 19 heavy (non-hydrogen) atoms. The van der Waals surface area contributed by atoms with Gasteiger partial charge in [0, 0.05) is 4.47 Å². The first-order valence-electron chi connectivity index (χ1n) is 5.85. The van der Waals surface area contributed by atoms with Crippen LogP contribution in [0.15, 0.2) is 28.7 Å². The van der Waals surface area contributed by atoms with Crippen LogP contribution in [0.4, 0.5) is 0 Å². The third-order valence-electron chi connectivity index (χ3n) is 2.70. The lowest BCUT2D eigenvalue weighted by molar-refractivity contribution is -0.123. The number of carbonyl (C=O) groups excluding carboxylic acids is 1. The van der Waals surface area contributed by atoms with Gasteiger partial charge in [0.2, 0.25) is 5.91 Å². The SMILES string of the molecule is CSCC[C@H](N)C(=O)NC(C)c1ccccc1Br.Cl. The summed E-state index contributed by atoms with van der Waals surface area (Å²) in [4.78, 5) is 11.9. The largest absolute Gasteiger partial charge is 0.348 e. The van der Waals surface area contributed by atoms with E-state index in [1.807, 2.05) is 37.4 Å². The molecule has 0 saturated carbocycles. The van der Waals surface area contributed by atoms with Crippen LogP contribution in [0.2, 0.25) is 0 Å². The molecular weight excluding hydrogens is 348 g/mol. The van der Waals surface area contributed by atoms with Crippen LogP contribution in [-0.2, 0) is 4.79 Å². The molecule has 2 atom stereocenters. The molecule has 0 aliphatic heterocycles. The fraction of sp³-hybridized carbons (Fsp3) is 0.462. The molecule has 0 aromatic heterocycles. The Morgan fingerprint density at radius 1 is 1.47 bits per heavy atom. The lowest BCUT2D eigenvalue weighted by Crippen LogP contribution is -2.42. The average molecular weight is 368 g/mol. The number of thioether (sulfide) groups is 1. The minimum atomic E-state index is -0.428. The van der Waals surface area contributed by atoms with Gasteiger partial charge in [0.25, 0.3) is 0 Å². The molecule has 0 heterocycles. The normalized spacial score (nSPS) is 13.3. The standard InChI is InChI=1S/C13H19BrN2OS.ClH/c1-9(10-5-3-4-6-11(10)14)16-13(17)12(15)7-8-18-2;/h3-6,9,12H,7-8,15H2,1-2H3,(H,16,17);1H/t9?,12-;/m0./s1. The summed E-state index contributed by atoms with van der Waals surface area (Å²) < 4.78 is 0.996. The lowest BCUT2D eigenvalue weighted by Gasteiger charge is -2.18. The topological polar surface area (TPSA) is 55.1 Å². The van der Waals surface area contributed by atoms with Crippen molar-refractivity contribution in [2.24, 2.45) is 5.73 Å². The van der Waals surface area contributed by atoms with E-state index in [4.69, 9.17) is 5.73 Å². The Balaban J connectivity index is 0.00000324. The Labute approximate surface area is 133 Å². The maximum Gasteiger partial charge on any atom is 0.237 e. The fourth-order valence-corrected chi connectivity index (χ4v) is 2.72. The number of amides is 1. The number of hydrogen-bond acceptors (Lipinski definition) is 3. The summed E-state index contributed by atoms with van der Waals surface area (Å²) >= 11 is 5.18. The number of halogens is 2. The molecule has 0 aliphatic carbocycles. The summed E-state index contributed by atoms with van der Waals surface area (Å²) in [6.07, 6.45) is 2.71. The predicted octanol–water partition coefficient (Wildman–Crippen LogP) is 3.13. The van der Waals surface area contributed by atoms with Crippen LogP contribution in [-0.4, -0.2) is 24.0 Å². The van der Waals surface area contributed by atoms with Crippen LogP contribution in [0.5, 0.6) is 0 Å². The summed E-state index contributed by atoms with van der Waals surface area (Å²) in [5.41, 5.74) is 6.89. The number of nitrogens with one attached hydrogen (secondary N) is 1. The van der Waals surface area contributed by atoms with Gasteiger partial charge in [-0.25, -0.2) is 0 Å². The molecule has 0 aliphatic rings. The first kappa shape index (κ1) is 18.8. The maximum absolute atomic E-state index is 11.9. The van der Waals surface area contributed by atoms with E-state index in [1.54, 1.807) is 11.8 Å². The molecule has 1 unspecified atom stereocenters. The molecule has 3 nitrogen and oxygen atoms in total. The van der Waals surface area contributed by atoms with Crippen LogP contribution in [0, 0.1) is 0 Å². The molecule has 0 saturated heterocycles. The minimum Gasteiger partial charge on any atom is -0.348 e. The Morgan fingerprint density at radius 3 is 2.68 bits per heavy atom. The van der Waals surface area contributed by atoms with Crippen molar-refractivity contribution in [2.45, 2.75) is 25.4 Å². The third kappa shape index (κ3) is 6.17. The van der Waals surface area contributed by atoms with E-state index >= 15 is 0 Å². The highest BCUT2D eigenvalue weighted by Gasteiger charge is 2.17. The summed E-state index contributed by atoms with van der Waals surface area (Å²) in [6.45, 7) is 1.96. The Kier molecular flexibility index (Phi) is 9.52. The van der Waals surface area contributed by atoms with E-state index in [-0.39, 0.29) is 24.4 Å². The van der Waals surface area contributed by atoms with Crippen molar-refractivity contribution >= 4 is 46.0 Å². The summed E-state index contributed by atoms with van der Waals surface area (Å²) in [6, 6.07) is 7.38. The van der Waals surface area contributed by atoms with Crippen LogP contribution < -0.4 is 11.1 Å². The lowest BCUT2D eigenvalue weighted by atomic mass is 10.1. The summed E-state index contributed by atoms with van der Waals surface area (Å²) in [5.74, 6) is 0.810. The molecule has 1 amide bonds. The van der Waals surface area contributed by atoms with Gasteiger partial charge in [-0.2, -0.15) is 11.8 Å². The number of nitrogens with two attached hydrogens (primary N) is 1. The second kappa shape index (κ2) is 9.64. The van der Waals surface area contributed by atoms with Crippen LogP contribution >= 0.6 is 40.1 Å². The van der Waals surface area contributed by atoms with E-state index in [9.17, 15) is 4.79 Å². The molecule has 1 aromatic carbocycles. The van der Waals surface area contributed by atoms with Crippen molar-refractivity contribution in [1.29, 1.82) is 0 Å². The molecule has 1 rings (SSSR count). The monoisotopic (exact) mass is 366 g/mol. The van der Waals surface area contributed by atoms with Crippen molar-refractivity contribution in [1.82, 2.24) is 5.32 Å². The first-order chi connectivity index (χ1) is 8.56. The van der Waals surface area contributed by atoms with E-state index in [0.29, 0.717) is 6.42 Å². The zero-order valence-electron chi connectivity index (χ0n) is 11.1. The smallest absolute Gasteiger partial charge is 0.237 e. The molecule has 0 fully saturated rings. The highest BCUT2D eigenvalue weighted by molar-refractivity contribution is 9.10. The van der Waals surface area contributed by atoms with Crippen LogP contribution in [0.3, 0.4) is 0 Å². The highest BCUT2D eigenvalue weighted by atomic mass is 79.9. The predicted molar refractivity (Wildman–Crippen MR) is 88.9 cm³/mol. The van der Waals surface area contributed by atoms with Gasteiger partial charge in [-0.3, -0.25) is 4.79 Å². The maximum atomic E-state index is 11.9. The first-order valence-corrected chi connectivity index (χ1v) is 8.04. The number of carbonyl (C=O) groups is 1. The fourth-order valence-electron chi connectivity index (χ4n) is 1.60. The summed E-state index contributed by atoms with van der Waals surface area (Å²) in [7, 11) is 0. The van der Waals surface area contributed by atoms with Gasteiger partial charge >= 0.3 is 0 Å². The summed E-state index contributed by atoms with van der Waals surface area (Å²) in [5, 5.41) is 2.94. The Bertz CT molecular complexity index is 406. The van der Waals surface area contributed by atoms with Crippen molar-refractivity contribution in [3.8, 4) is 0 Å². The molecule has 3 N–H and O–H groups in total. The van der Waals surface area contributed by atoms with Gasteiger partial charge in [-0.15, -0.1) is 12.4 Å². The van der Waals surface area contributed by atoms with Crippen molar-refractivity contribution < 1.29 is 4.79 Å². The molecule has 6 heteroatoms. The van der Waals surface area contributed by atoms with Crippen molar-refractivity contribution in [3.63, 3.8) is 0 Å². The zero-order chi connectivity index (χ0) is 13.5. The van der Waals surface area contributed by atoms with Crippen molar-refractivity contribution in [3.05, 3.63) is 34.3 Å². The van der Waals surface area contributed by atoms with Gasteiger partial charge in [-0.1, -0.05) is 34.1 Å². The molecule has 0 spiro atoms. The minimum absolute atomic E-state index is 0. The second-order valence-electron chi connectivity index (χ2n) is 4.14. The zero-order valence-corrected chi connectivity index (χ0v) is 14.3.